The van der Waals surface area contributed by atoms with Crippen LogP contribution in [0.4, 0.5) is 0 Å². The van der Waals surface area contributed by atoms with E-state index in [4.69, 9.17) is 0 Å². The molecule has 0 aromatic heterocycles. The van der Waals surface area contributed by atoms with E-state index in [1.807, 2.05) is 6.92 Å². The third-order valence-electron chi connectivity index (χ3n) is 2.21. The van der Waals surface area contributed by atoms with Gasteiger partial charge in [-0.3, -0.25) is 0 Å². The van der Waals surface area contributed by atoms with Gasteiger partial charge in [0.15, 0.2) is 0 Å². The average molecular weight is 130 g/mol. The summed E-state index contributed by atoms with van der Waals surface area (Å²) in [4.78, 5) is 0. The minimum atomic E-state index is -0.270. The lowest BCUT2D eigenvalue weighted by Crippen LogP contribution is -2.33. The van der Waals surface area contributed by atoms with Gasteiger partial charge in [0.05, 0.1) is 12.2 Å². The first-order valence-electron chi connectivity index (χ1n) is 3.58. The molecule has 54 valence electrons. The van der Waals surface area contributed by atoms with E-state index in [9.17, 15) is 10.2 Å². The molecule has 0 bridgehead atoms. The molecule has 9 heavy (non-hydrogen) atoms. The van der Waals surface area contributed by atoms with Gasteiger partial charge in [0.25, 0.3) is 0 Å². The van der Waals surface area contributed by atoms with Crippen molar-refractivity contribution in [3.8, 4) is 0 Å². The zero-order valence-corrected chi connectivity index (χ0v) is 5.75. The van der Waals surface area contributed by atoms with Crippen LogP contribution in [0, 0.1) is 5.92 Å². The molecule has 0 saturated heterocycles. The average Bonchev–Trinajstić information content (AvgIpc) is 1.83. The molecule has 0 spiro atoms. The van der Waals surface area contributed by atoms with Crippen molar-refractivity contribution in [2.75, 3.05) is 0 Å². The normalized spacial score (nSPS) is 45.0. The molecule has 0 amide bonds. The van der Waals surface area contributed by atoms with E-state index in [1.54, 1.807) is 0 Å². The third kappa shape index (κ3) is 1.43. The molecular formula is C7H14O2. The Morgan fingerprint density at radius 1 is 1.11 bits per heavy atom. The van der Waals surface area contributed by atoms with E-state index >= 15 is 0 Å². The second-order valence-electron chi connectivity index (χ2n) is 2.92. The molecular weight excluding hydrogens is 116 g/mol. The first kappa shape index (κ1) is 7.03. The molecule has 1 saturated carbocycles. The summed E-state index contributed by atoms with van der Waals surface area (Å²) in [5.41, 5.74) is 0. The van der Waals surface area contributed by atoms with Crippen LogP contribution in [0.2, 0.25) is 0 Å². The standard InChI is InChI=1S/C7H14O2/c1-5-6(8)3-2-4-7(5)9/h5-9H,2-4H2,1H3/t5?,6-,7+. The van der Waals surface area contributed by atoms with Crippen LogP contribution in [-0.4, -0.2) is 22.4 Å². The van der Waals surface area contributed by atoms with Gasteiger partial charge in [-0.2, -0.15) is 0 Å². The SMILES string of the molecule is CC1[C@H](O)CCC[C@@H]1O. The molecule has 0 aliphatic heterocycles. The van der Waals surface area contributed by atoms with Crippen LogP contribution >= 0.6 is 0 Å². The monoisotopic (exact) mass is 130 g/mol. The predicted octanol–water partition coefficient (Wildman–Crippen LogP) is 0.528. The van der Waals surface area contributed by atoms with Gasteiger partial charge < -0.3 is 10.2 Å². The Hall–Kier alpha value is -0.0800. The Morgan fingerprint density at radius 3 is 1.89 bits per heavy atom. The van der Waals surface area contributed by atoms with Crippen molar-refractivity contribution in [3.05, 3.63) is 0 Å². The lowest BCUT2D eigenvalue weighted by molar-refractivity contribution is -0.0142. The van der Waals surface area contributed by atoms with Gasteiger partial charge in [-0.05, 0) is 19.3 Å². The van der Waals surface area contributed by atoms with Crippen LogP contribution in [0.5, 0.6) is 0 Å². The fourth-order valence-corrected chi connectivity index (χ4v) is 1.32. The van der Waals surface area contributed by atoms with Crippen molar-refractivity contribution in [2.24, 2.45) is 5.92 Å². The van der Waals surface area contributed by atoms with Crippen molar-refractivity contribution in [1.82, 2.24) is 0 Å². The predicted molar refractivity (Wildman–Crippen MR) is 35.0 cm³/mol. The summed E-state index contributed by atoms with van der Waals surface area (Å²) in [5.74, 6) is 0.0822. The Morgan fingerprint density at radius 2 is 1.56 bits per heavy atom. The molecule has 2 nitrogen and oxygen atoms in total. The third-order valence-corrected chi connectivity index (χ3v) is 2.21. The highest BCUT2D eigenvalue weighted by Gasteiger charge is 2.26. The Kier molecular flexibility index (Phi) is 2.09. The lowest BCUT2D eigenvalue weighted by atomic mass is 9.86. The number of hydrogen-bond acceptors (Lipinski definition) is 2. The molecule has 0 aromatic carbocycles. The molecule has 1 fully saturated rings. The largest absolute Gasteiger partial charge is 0.393 e. The second-order valence-corrected chi connectivity index (χ2v) is 2.92. The van der Waals surface area contributed by atoms with Gasteiger partial charge in [-0.15, -0.1) is 0 Å². The molecule has 1 aliphatic carbocycles. The molecule has 2 heteroatoms. The van der Waals surface area contributed by atoms with Crippen LogP contribution in [0.1, 0.15) is 26.2 Å². The molecule has 0 heterocycles. The van der Waals surface area contributed by atoms with E-state index in [2.05, 4.69) is 0 Å². The van der Waals surface area contributed by atoms with E-state index < -0.39 is 0 Å². The maximum absolute atomic E-state index is 9.19. The van der Waals surface area contributed by atoms with Gasteiger partial charge in [0.1, 0.15) is 0 Å². The van der Waals surface area contributed by atoms with Crippen molar-refractivity contribution in [1.29, 1.82) is 0 Å². The molecule has 3 atom stereocenters. The number of rotatable bonds is 0. The zero-order chi connectivity index (χ0) is 6.85. The maximum atomic E-state index is 9.19. The number of aliphatic hydroxyl groups is 2. The van der Waals surface area contributed by atoms with E-state index in [0.29, 0.717) is 0 Å². The molecule has 0 aromatic rings. The minimum Gasteiger partial charge on any atom is -0.393 e. The quantitative estimate of drug-likeness (QED) is 0.502. The van der Waals surface area contributed by atoms with E-state index in [-0.39, 0.29) is 18.1 Å². The van der Waals surface area contributed by atoms with Crippen LogP contribution < -0.4 is 0 Å². The highest BCUT2D eigenvalue weighted by atomic mass is 16.3. The molecule has 2 N–H and O–H groups in total. The molecule has 1 rings (SSSR count). The van der Waals surface area contributed by atoms with Crippen molar-refractivity contribution in [3.63, 3.8) is 0 Å². The zero-order valence-electron chi connectivity index (χ0n) is 5.75. The maximum Gasteiger partial charge on any atom is 0.0590 e. The highest BCUT2D eigenvalue weighted by molar-refractivity contribution is 4.77. The first-order valence-corrected chi connectivity index (χ1v) is 3.58. The fourth-order valence-electron chi connectivity index (χ4n) is 1.32. The summed E-state index contributed by atoms with van der Waals surface area (Å²) in [6.45, 7) is 1.90. The second kappa shape index (κ2) is 2.67. The van der Waals surface area contributed by atoms with E-state index in [1.165, 1.54) is 0 Å². The van der Waals surface area contributed by atoms with E-state index in [0.717, 1.165) is 19.3 Å². The number of hydrogen-bond donors (Lipinski definition) is 2. The Balaban J connectivity index is 2.41. The smallest absolute Gasteiger partial charge is 0.0590 e. The van der Waals surface area contributed by atoms with Crippen LogP contribution in [-0.2, 0) is 0 Å². The summed E-state index contributed by atoms with van der Waals surface area (Å²) in [6, 6.07) is 0. The van der Waals surface area contributed by atoms with Gasteiger partial charge in [0.2, 0.25) is 0 Å². The van der Waals surface area contributed by atoms with Crippen LogP contribution in [0.25, 0.3) is 0 Å². The van der Waals surface area contributed by atoms with Crippen LogP contribution in [0.15, 0.2) is 0 Å². The van der Waals surface area contributed by atoms with Gasteiger partial charge in [0, 0.05) is 5.92 Å². The lowest BCUT2D eigenvalue weighted by Gasteiger charge is -2.28. The molecule has 1 aliphatic rings. The Labute approximate surface area is 55.5 Å². The molecule has 1 unspecified atom stereocenters. The van der Waals surface area contributed by atoms with Crippen LogP contribution in [0.3, 0.4) is 0 Å². The first-order chi connectivity index (χ1) is 4.22. The minimum absolute atomic E-state index is 0.0822. The number of aliphatic hydroxyl groups excluding tert-OH is 2. The highest BCUT2D eigenvalue weighted by Crippen LogP contribution is 2.23. The van der Waals surface area contributed by atoms with Gasteiger partial charge in [-0.25, -0.2) is 0 Å². The molecule has 0 radical (unpaired) electrons. The topological polar surface area (TPSA) is 40.5 Å². The van der Waals surface area contributed by atoms with Crippen molar-refractivity contribution >= 4 is 0 Å². The Bertz CT molecular complexity index is 82.9. The van der Waals surface area contributed by atoms with Gasteiger partial charge in [-0.1, -0.05) is 6.92 Å². The summed E-state index contributed by atoms with van der Waals surface area (Å²) in [7, 11) is 0. The summed E-state index contributed by atoms with van der Waals surface area (Å²) in [6.07, 6.45) is 2.14. The van der Waals surface area contributed by atoms with Gasteiger partial charge >= 0.3 is 0 Å². The fraction of sp³-hybridized carbons (Fsp3) is 1.00. The van der Waals surface area contributed by atoms with Crippen molar-refractivity contribution in [2.45, 2.75) is 38.4 Å². The summed E-state index contributed by atoms with van der Waals surface area (Å²) < 4.78 is 0. The summed E-state index contributed by atoms with van der Waals surface area (Å²) >= 11 is 0. The van der Waals surface area contributed by atoms with Crippen molar-refractivity contribution < 1.29 is 10.2 Å². The summed E-state index contributed by atoms with van der Waals surface area (Å²) in [5, 5.41) is 18.4.